The molecule has 90 valence electrons. The van der Waals surface area contributed by atoms with Crippen molar-refractivity contribution in [1.29, 1.82) is 0 Å². The van der Waals surface area contributed by atoms with Crippen LogP contribution in [0.5, 0.6) is 0 Å². The summed E-state index contributed by atoms with van der Waals surface area (Å²) < 4.78 is 43.8. The van der Waals surface area contributed by atoms with Gasteiger partial charge in [-0.2, -0.15) is 0 Å². The van der Waals surface area contributed by atoms with Gasteiger partial charge in [0.15, 0.2) is 9.84 Å². The molecule has 0 aromatic heterocycles. The standard InChI is InChI=1S/C8H17NO4S2/c1-14(10,11)5-2-4-9-8-3-6-15(12,13)7-8/h8-9H,2-7H2,1H3. The molecule has 0 aromatic carbocycles. The van der Waals surface area contributed by atoms with Gasteiger partial charge in [0.05, 0.1) is 17.3 Å². The molecule has 0 bridgehead atoms. The molecular formula is C8H17NO4S2. The highest BCUT2D eigenvalue weighted by atomic mass is 32.2. The van der Waals surface area contributed by atoms with Crippen LogP contribution in [0, 0.1) is 0 Å². The van der Waals surface area contributed by atoms with E-state index in [-0.39, 0.29) is 23.3 Å². The summed E-state index contributed by atoms with van der Waals surface area (Å²) in [6.45, 7) is 0.563. The Hall–Kier alpha value is -0.140. The Bertz CT molecular complexity index is 398. The first-order chi connectivity index (χ1) is 6.79. The lowest BCUT2D eigenvalue weighted by Crippen LogP contribution is -2.31. The summed E-state index contributed by atoms with van der Waals surface area (Å²) in [5, 5.41) is 3.07. The van der Waals surface area contributed by atoms with Crippen LogP contribution < -0.4 is 5.32 Å². The minimum Gasteiger partial charge on any atom is -0.313 e. The summed E-state index contributed by atoms with van der Waals surface area (Å²) in [5.41, 5.74) is 0. The van der Waals surface area contributed by atoms with Gasteiger partial charge in [0, 0.05) is 12.3 Å². The monoisotopic (exact) mass is 255 g/mol. The highest BCUT2D eigenvalue weighted by Gasteiger charge is 2.26. The number of nitrogens with one attached hydrogen (secondary N) is 1. The van der Waals surface area contributed by atoms with E-state index < -0.39 is 19.7 Å². The first-order valence-electron chi connectivity index (χ1n) is 4.90. The Labute approximate surface area is 91.1 Å². The van der Waals surface area contributed by atoms with Gasteiger partial charge in [-0.3, -0.25) is 0 Å². The third-order valence-corrected chi connectivity index (χ3v) is 5.16. The largest absolute Gasteiger partial charge is 0.313 e. The van der Waals surface area contributed by atoms with Crippen molar-refractivity contribution >= 4 is 19.7 Å². The number of hydrogen-bond acceptors (Lipinski definition) is 5. The van der Waals surface area contributed by atoms with Gasteiger partial charge >= 0.3 is 0 Å². The maximum atomic E-state index is 11.1. The minimum atomic E-state index is -2.90. The second kappa shape index (κ2) is 4.80. The van der Waals surface area contributed by atoms with E-state index in [0.717, 1.165) is 0 Å². The van der Waals surface area contributed by atoms with Crippen molar-refractivity contribution < 1.29 is 16.8 Å². The highest BCUT2D eigenvalue weighted by Crippen LogP contribution is 2.10. The van der Waals surface area contributed by atoms with Gasteiger partial charge < -0.3 is 5.32 Å². The number of rotatable bonds is 5. The van der Waals surface area contributed by atoms with Gasteiger partial charge in [-0.1, -0.05) is 0 Å². The number of hydrogen-bond donors (Lipinski definition) is 1. The molecule has 7 heteroatoms. The molecular weight excluding hydrogens is 238 g/mol. The normalized spacial score (nSPS) is 25.5. The van der Waals surface area contributed by atoms with Gasteiger partial charge in [0.2, 0.25) is 0 Å². The summed E-state index contributed by atoms with van der Waals surface area (Å²) in [5.74, 6) is 0.585. The van der Waals surface area contributed by atoms with Crippen molar-refractivity contribution in [2.75, 3.05) is 30.1 Å². The van der Waals surface area contributed by atoms with Crippen molar-refractivity contribution in [1.82, 2.24) is 5.32 Å². The maximum absolute atomic E-state index is 11.1. The minimum absolute atomic E-state index is 0.00885. The van der Waals surface area contributed by atoms with Crippen molar-refractivity contribution in [3.8, 4) is 0 Å². The fraction of sp³-hybridized carbons (Fsp3) is 1.00. The lowest BCUT2D eigenvalue weighted by atomic mass is 10.2. The zero-order valence-electron chi connectivity index (χ0n) is 8.77. The number of sulfone groups is 2. The third kappa shape index (κ3) is 5.48. The lowest BCUT2D eigenvalue weighted by Gasteiger charge is -2.09. The Kier molecular flexibility index (Phi) is 4.13. The summed E-state index contributed by atoms with van der Waals surface area (Å²) in [4.78, 5) is 0. The van der Waals surface area contributed by atoms with Crippen molar-refractivity contribution in [2.24, 2.45) is 0 Å². The van der Waals surface area contributed by atoms with Crippen LogP contribution in [0.15, 0.2) is 0 Å². The molecule has 5 nitrogen and oxygen atoms in total. The van der Waals surface area contributed by atoms with Crippen LogP contribution in [0.2, 0.25) is 0 Å². The Morgan fingerprint density at radius 3 is 2.53 bits per heavy atom. The fourth-order valence-electron chi connectivity index (χ4n) is 1.60. The molecule has 1 N–H and O–H groups in total. The Morgan fingerprint density at radius 2 is 2.07 bits per heavy atom. The Morgan fingerprint density at radius 1 is 1.40 bits per heavy atom. The van der Waals surface area contributed by atoms with Crippen molar-refractivity contribution in [3.63, 3.8) is 0 Å². The van der Waals surface area contributed by atoms with E-state index in [0.29, 0.717) is 19.4 Å². The average molecular weight is 255 g/mol. The van der Waals surface area contributed by atoms with E-state index in [4.69, 9.17) is 0 Å². The molecule has 15 heavy (non-hydrogen) atoms. The predicted octanol–water partition coefficient (Wildman–Crippen LogP) is -0.802. The predicted molar refractivity (Wildman–Crippen MR) is 59.4 cm³/mol. The molecule has 1 rings (SSSR count). The van der Waals surface area contributed by atoms with E-state index >= 15 is 0 Å². The molecule has 1 atom stereocenters. The molecule has 0 spiro atoms. The SMILES string of the molecule is CS(=O)(=O)CCCNC1CCS(=O)(=O)C1. The second-order valence-electron chi connectivity index (χ2n) is 4.04. The molecule has 0 aliphatic carbocycles. The third-order valence-electron chi connectivity index (χ3n) is 2.36. The Balaban J connectivity index is 2.18. The van der Waals surface area contributed by atoms with E-state index in [9.17, 15) is 16.8 Å². The quantitative estimate of drug-likeness (QED) is 0.650. The molecule has 1 aliphatic rings. The molecule has 0 saturated carbocycles. The van der Waals surface area contributed by atoms with Gasteiger partial charge in [0.25, 0.3) is 0 Å². The summed E-state index contributed by atoms with van der Waals surface area (Å²) in [6, 6.07) is 0.00885. The highest BCUT2D eigenvalue weighted by molar-refractivity contribution is 7.91. The second-order valence-corrected chi connectivity index (χ2v) is 8.53. The van der Waals surface area contributed by atoms with Gasteiger partial charge in [-0.05, 0) is 19.4 Å². The molecule has 0 aromatic rings. The average Bonchev–Trinajstić information content (AvgIpc) is 2.38. The maximum Gasteiger partial charge on any atom is 0.151 e. The summed E-state index contributed by atoms with van der Waals surface area (Å²) in [6.07, 6.45) is 2.38. The van der Waals surface area contributed by atoms with E-state index in [2.05, 4.69) is 5.32 Å². The van der Waals surface area contributed by atoms with Crippen LogP contribution in [0.25, 0.3) is 0 Å². The summed E-state index contributed by atoms with van der Waals surface area (Å²) >= 11 is 0. The molecule has 0 radical (unpaired) electrons. The lowest BCUT2D eigenvalue weighted by molar-refractivity contribution is 0.547. The molecule has 1 heterocycles. The topological polar surface area (TPSA) is 80.3 Å². The van der Waals surface area contributed by atoms with Crippen LogP contribution in [-0.4, -0.2) is 52.9 Å². The molecule has 1 saturated heterocycles. The van der Waals surface area contributed by atoms with Crippen molar-refractivity contribution in [3.05, 3.63) is 0 Å². The zero-order chi connectivity index (χ0) is 11.5. The molecule has 1 unspecified atom stereocenters. The van der Waals surface area contributed by atoms with Gasteiger partial charge in [-0.25, -0.2) is 16.8 Å². The first kappa shape index (κ1) is 12.9. The van der Waals surface area contributed by atoms with E-state index in [1.54, 1.807) is 0 Å². The summed E-state index contributed by atoms with van der Waals surface area (Å²) in [7, 11) is -5.74. The molecule has 1 aliphatic heterocycles. The van der Waals surface area contributed by atoms with E-state index in [1.165, 1.54) is 6.26 Å². The molecule has 0 amide bonds. The van der Waals surface area contributed by atoms with Crippen LogP contribution in [0.4, 0.5) is 0 Å². The van der Waals surface area contributed by atoms with Gasteiger partial charge in [-0.15, -0.1) is 0 Å². The van der Waals surface area contributed by atoms with Gasteiger partial charge in [0.1, 0.15) is 9.84 Å². The fourth-order valence-corrected chi connectivity index (χ4v) is 3.97. The van der Waals surface area contributed by atoms with Crippen LogP contribution in [0.3, 0.4) is 0 Å². The van der Waals surface area contributed by atoms with Crippen LogP contribution in [0.1, 0.15) is 12.8 Å². The van der Waals surface area contributed by atoms with Crippen LogP contribution >= 0.6 is 0 Å². The first-order valence-corrected chi connectivity index (χ1v) is 8.78. The van der Waals surface area contributed by atoms with Crippen molar-refractivity contribution in [2.45, 2.75) is 18.9 Å². The van der Waals surface area contributed by atoms with Crippen LogP contribution in [-0.2, 0) is 19.7 Å². The van der Waals surface area contributed by atoms with E-state index in [1.807, 2.05) is 0 Å². The smallest absolute Gasteiger partial charge is 0.151 e. The zero-order valence-corrected chi connectivity index (χ0v) is 10.4. The molecule has 1 fully saturated rings.